The van der Waals surface area contributed by atoms with Crippen molar-refractivity contribution in [1.82, 2.24) is 4.57 Å². The van der Waals surface area contributed by atoms with Gasteiger partial charge in [-0.15, -0.1) is 0 Å². The molecule has 1 amide bonds. The number of rotatable bonds is 5. The molecule has 0 saturated carbocycles. The molecule has 4 nitrogen and oxygen atoms in total. The van der Waals surface area contributed by atoms with Crippen molar-refractivity contribution in [2.45, 2.75) is 26.3 Å². The van der Waals surface area contributed by atoms with Crippen LogP contribution in [0.25, 0.3) is 5.69 Å². The molecule has 1 unspecified atom stereocenters. The van der Waals surface area contributed by atoms with Crippen LogP contribution in [0.15, 0.2) is 48.8 Å². The highest BCUT2D eigenvalue weighted by molar-refractivity contribution is 5.95. The first-order valence-electron chi connectivity index (χ1n) is 6.91. The number of aromatic nitrogens is 1. The fraction of sp³-hybridized carbons (Fsp3) is 0.312. The Morgan fingerprint density at radius 2 is 2.00 bits per heavy atom. The summed E-state index contributed by atoms with van der Waals surface area (Å²) in [5.41, 5.74) is 7.70. The Kier molecular flexibility index (Phi) is 4.58. The lowest BCUT2D eigenvalue weighted by Gasteiger charge is -2.18. The molecule has 0 saturated heterocycles. The first-order valence-corrected chi connectivity index (χ1v) is 6.91. The van der Waals surface area contributed by atoms with E-state index in [-0.39, 0.29) is 11.8 Å². The van der Waals surface area contributed by atoms with E-state index in [2.05, 4.69) is 5.32 Å². The van der Waals surface area contributed by atoms with Crippen molar-refractivity contribution in [1.29, 1.82) is 0 Å². The van der Waals surface area contributed by atoms with Crippen molar-refractivity contribution < 1.29 is 4.79 Å². The predicted octanol–water partition coefficient (Wildman–Crippen LogP) is 2.79. The molecule has 4 heteroatoms. The predicted molar refractivity (Wildman–Crippen MR) is 81.8 cm³/mol. The van der Waals surface area contributed by atoms with Gasteiger partial charge in [-0.05, 0) is 36.2 Å². The molecular weight excluding hydrogens is 250 g/mol. The Labute approximate surface area is 119 Å². The monoisotopic (exact) mass is 271 g/mol. The Morgan fingerprint density at radius 1 is 1.30 bits per heavy atom. The average Bonchev–Trinajstić information content (AvgIpc) is 3.00. The SMILES string of the molecule is CCC(C)[C@H](N)C(=O)Nc1cccc(-n2cccc2)c1. The second-order valence-electron chi connectivity index (χ2n) is 5.04. The minimum absolute atomic E-state index is 0.135. The normalized spacial score (nSPS) is 13.8. The molecule has 106 valence electrons. The van der Waals surface area contributed by atoms with Gasteiger partial charge in [-0.2, -0.15) is 0 Å². The van der Waals surface area contributed by atoms with E-state index < -0.39 is 6.04 Å². The molecule has 1 aromatic heterocycles. The molecule has 1 aromatic carbocycles. The minimum Gasteiger partial charge on any atom is -0.325 e. The van der Waals surface area contributed by atoms with Crippen LogP contribution in [0.5, 0.6) is 0 Å². The third kappa shape index (κ3) is 3.27. The molecular formula is C16H21N3O. The van der Waals surface area contributed by atoms with E-state index in [0.717, 1.165) is 17.8 Å². The summed E-state index contributed by atoms with van der Waals surface area (Å²) in [5, 5.41) is 2.88. The molecule has 2 aromatic rings. The maximum absolute atomic E-state index is 12.1. The Morgan fingerprint density at radius 3 is 2.65 bits per heavy atom. The van der Waals surface area contributed by atoms with Gasteiger partial charge in [-0.3, -0.25) is 4.79 Å². The van der Waals surface area contributed by atoms with Crippen LogP contribution >= 0.6 is 0 Å². The summed E-state index contributed by atoms with van der Waals surface area (Å²) >= 11 is 0. The zero-order valence-electron chi connectivity index (χ0n) is 11.9. The number of nitrogens with two attached hydrogens (primary N) is 1. The van der Waals surface area contributed by atoms with Crippen molar-refractivity contribution in [2.75, 3.05) is 5.32 Å². The zero-order valence-corrected chi connectivity index (χ0v) is 11.9. The number of nitrogens with one attached hydrogen (secondary N) is 1. The van der Waals surface area contributed by atoms with Gasteiger partial charge in [0.15, 0.2) is 0 Å². The molecule has 20 heavy (non-hydrogen) atoms. The van der Waals surface area contributed by atoms with Crippen LogP contribution in [-0.4, -0.2) is 16.5 Å². The zero-order chi connectivity index (χ0) is 14.5. The Hall–Kier alpha value is -2.07. The summed E-state index contributed by atoms with van der Waals surface area (Å²) in [6, 6.07) is 11.2. The molecule has 0 fully saturated rings. The lowest BCUT2D eigenvalue weighted by molar-refractivity contribution is -0.118. The quantitative estimate of drug-likeness (QED) is 0.878. The fourth-order valence-electron chi connectivity index (χ4n) is 1.99. The van der Waals surface area contributed by atoms with Gasteiger partial charge in [0.25, 0.3) is 0 Å². The fourth-order valence-corrected chi connectivity index (χ4v) is 1.99. The average molecular weight is 271 g/mol. The van der Waals surface area contributed by atoms with E-state index in [1.807, 2.05) is 67.2 Å². The molecule has 1 heterocycles. The maximum atomic E-state index is 12.1. The number of nitrogens with zero attached hydrogens (tertiary/aromatic N) is 1. The lowest BCUT2D eigenvalue weighted by Crippen LogP contribution is -2.40. The molecule has 3 N–H and O–H groups in total. The van der Waals surface area contributed by atoms with Crippen LogP contribution in [0.4, 0.5) is 5.69 Å². The number of carbonyl (C=O) groups is 1. The number of hydrogen-bond donors (Lipinski definition) is 2. The van der Waals surface area contributed by atoms with E-state index in [1.54, 1.807) is 0 Å². The molecule has 2 atom stereocenters. The molecule has 0 aliphatic heterocycles. The highest BCUT2D eigenvalue weighted by Gasteiger charge is 2.19. The van der Waals surface area contributed by atoms with Crippen molar-refractivity contribution in [2.24, 2.45) is 11.7 Å². The van der Waals surface area contributed by atoms with Crippen LogP contribution in [-0.2, 0) is 4.79 Å². The smallest absolute Gasteiger partial charge is 0.241 e. The molecule has 0 spiro atoms. The van der Waals surface area contributed by atoms with E-state index >= 15 is 0 Å². The second kappa shape index (κ2) is 6.39. The van der Waals surface area contributed by atoms with Crippen molar-refractivity contribution in [3.63, 3.8) is 0 Å². The molecule has 0 radical (unpaired) electrons. The maximum Gasteiger partial charge on any atom is 0.241 e. The lowest BCUT2D eigenvalue weighted by atomic mass is 9.99. The van der Waals surface area contributed by atoms with Crippen LogP contribution < -0.4 is 11.1 Å². The number of hydrogen-bond acceptors (Lipinski definition) is 2. The largest absolute Gasteiger partial charge is 0.325 e. The first-order chi connectivity index (χ1) is 9.61. The molecule has 0 aliphatic carbocycles. The van der Waals surface area contributed by atoms with Crippen LogP contribution in [0.1, 0.15) is 20.3 Å². The summed E-state index contributed by atoms with van der Waals surface area (Å²) < 4.78 is 1.99. The number of amides is 1. The van der Waals surface area contributed by atoms with E-state index in [9.17, 15) is 4.79 Å². The Balaban J connectivity index is 2.10. The van der Waals surface area contributed by atoms with Gasteiger partial charge in [0.2, 0.25) is 5.91 Å². The molecule has 0 aliphatic rings. The third-order valence-corrected chi connectivity index (χ3v) is 3.58. The molecule has 0 bridgehead atoms. The molecule has 2 rings (SSSR count). The number of anilines is 1. The van der Waals surface area contributed by atoms with Crippen LogP contribution in [0, 0.1) is 5.92 Å². The van der Waals surface area contributed by atoms with Gasteiger partial charge in [0.1, 0.15) is 0 Å². The van der Waals surface area contributed by atoms with E-state index in [0.29, 0.717) is 0 Å². The van der Waals surface area contributed by atoms with Crippen molar-refractivity contribution >= 4 is 11.6 Å². The summed E-state index contributed by atoms with van der Waals surface area (Å²) in [7, 11) is 0. The van der Waals surface area contributed by atoms with Gasteiger partial charge < -0.3 is 15.6 Å². The summed E-state index contributed by atoms with van der Waals surface area (Å²) in [6.07, 6.45) is 4.82. The third-order valence-electron chi connectivity index (χ3n) is 3.58. The summed E-state index contributed by atoms with van der Waals surface area (Å²) in [5.74, 6) is 0.0339. The summed E-state index contributed by atoms with van der Waals surface area (Å²) in [6.45, 7) is 4.02. The van der Waals surface area contributed by atoms with Gasteiger partial charge >= 0.3 is 0 Å². The van der Waals surface area contributed by atoms with Crippen molar-refractivity contribution in [3.05, 3.63) is 48.8 Å². The number of carbonyl (C=O) groups excluding carboxylic acids is 1. The van der Waals surface area contributed by atoms with Crippen LogP contribution in [0.3, 0.4) is 0 Å². The second-order valence-corrected chi connectivity index (χ2v) is 5.04. The van der Waals surface area contributed by atoms with Crippen LogP contribution in [0.2, 0.25) is 0 Å². The van der Waals surface area contributed by atoms with Gasteiger partial charge in [0.05, 0.1) is 6.04 Å². The van der Waals surface area contributed by atoms with Gasteiger partial charge in [0, 0.05) is 23.8 Å². The van der Waals surface area contributed by atoms with E-state index in [4.69, 9.17) is 5.73 Å². The first kappa shape index (κ1) is 14.3. The highest BCUT2D eigenvalue weighted by atomic mass is 16.2. The van der Waals surface area contributed by atoms with Crippen molar-refractivity contribution in [3.8, 4) is 5.69 Å². The number of benzene rings is 1. The van der Waals surface area contributed by atoms with Gasteiger partial charge in [-0.1, -0.05) is 26.3 Å². The van der Waals surface area contributed by atoms with Gasteiger partial charge in [-0.25, -0.2) is 0 Å². The minimum atomic E-state index is -0.477. The highest BCUT2D eigenvalue weighted by Crippen LogP contribution is 2.16. The standard InChI is InChI=1S/C16H21N3O/c1-3-12(2)15(17)16(20)18-13-7-6-8-14(11-13)19-9-4-5-10-19/h4-12,15H,3,17H2,1-2H3,(H,18,20)/t12?,15-/m0/s1. The topological polar surface area (TPSA) is 60.1 Å². The van der Waals surface area contributed by atoms with E-state index in [1.165, 1.54) is 0 Å². The Bertz CT molecular complexity index is 563. The summed E-state index contributed by atoms with van der Waals surface area (Å²) in [4.78, 5) is 12.1.